The largest absolute Gasteiger partial charge is 0.397 e. The van der Waals surface area contributed by atoms with E-state index in [2.05, 4.69) is 4.98 Å². The minimum atomic E-state index is -0.0643. The minimum absolute atomic E-state index is 0.0643. The molecule has 0 radical (unpaired) electrons. The predicted molar refractivity (Wildman–Crippen MR) is 84.5 cm³/mol. The van der Waals surface area contributed by atoms with Crippen LogP contribution in [0.25, 0.3) is 10.2 Å². The smallest absolute Gasteiger partial charge is 0.265 e. The third kappa shape index (κ3) is 3.16. The van der Waals surface area contributed by atoms with E-state index < -0.39 is 0 Å². The Morgan fingerprint density at radius 2 is 2.38 bits per heavy atom. The lowest BCUT2D eigenvalue weighted by atomic mass is 10.2. The van der Waals surface area contributed by atoms with E-state index in [1.54, 1.807) is 18.1 Å². The Bertz CT molecular complexity index is 651. The van der Waals surface area contributed by atoms with E-state index in [9.17, 15) is 4.79 Å². The Hall–Kier alpha value is -1.66. The molecule has 0 spiro atoms. The highest BCUT2D eigenvalue weighted by Gasteiger charge is 2.22. The summed E-state index contributed by atoms with van der Waals surface area (Å²) in [6.07, 6.45) is 4.27. The number of fused-ring (bicyclic) bond motifs is 1. The van der Waals surface area contributed by atoms with Gasteiger partial charge in [0, 0.05) is 31.8 Å². The van der Waals surface area contributed by atoms with Gasteiger partial charge in [0.15, 0.2) is 0 Å². The van der Waals surface area contributed by atoms with Gasteiger partial charge in [0.05, 0.1) is 12.3 Å². The van der Waals surface area contributed by atoms with E-state index in [0.717, 1.165) is 22.7 Å². The van der Waals surface area contributed by atoms with E-state index in [4.69, 9.17) is 10.5 Å². The molecule has 21 heavy (non-hydrogen) atoms. The molecule has 2 heterocycles. The first-order valence-corrected chi connectivity index (χ1v) is 7.94. The van der Waals surface area contributed by atoms with Crippen LogP contribution < -0.4 is 5.73 Å². The third-order valence-corrected chi connectivity index (χ3v) is 4.78. The van der Waals surface area contributed by atoms with Crippen LogP contribution in [0.5, 0.6) is 0 Å². The van der Waals surface area contributed by atoms with Crippen molar-refractivity contribution < 1.29 is 9.53 Å². The SMILES string of the molecule is CN(CCOCC1CC1)C(=O)c1sc2ncccc2c1N. The number of rotatable bonds is 6. The maximum absolute atomic E-state index is 12.4. The Labute approximate surface area is 127 Å². The van der Waals surface area contributed by atoms with Gasteiger partial charge in [-0.15, -0.1) is 11.3 Å². The van der Waals surface area contributed by atoms with Crippen molar-refractivity contribution in [3.05, 3.63) is 23.2 Å². The number of carbonyl (C=O) groups is 1. The van der Waals surface area contributed by atoms with Crippen molar-refractivity contribution in [3.63, 3.8) is 0 Å². The topological polar surface area (TPSA) is 68.5 Å². The predicted octanol–water partition coefficient (Wildman–Crippen LogP) is 2.38. The molecule has 1 fully saturated rings. The lowest BCUT2D eigenvalue weighted by molar-refractivity contribution is 0.0686. The number of anilines is 1. The molecule has 2 N–H and O–H groups in total. The standard InChI is InChI=1S/C15H19N3O2S/c1-18(7-8-20-9-10-4-5-10)15(19)13-12(16)11-3-2-6-17-14(11)21-13/h2-3,6,10H,4-5,7-9,16H2,1H3. The molecule has 112 valence electrons. The number of aromatic nitrogens is 1. The molecule has 1 saturated carbocycles. The van der Waals surface area contributed by atoms with Crippen LogP contribution in [0.1, 0.15) is 22.5 Å². The first kappa shape index (κ1) is 14.3. The van der Waals surface area contributed by atoms with Gasteiger partial charge >= 0.3 is 0 Å². The van der Waals surface area contributed by atoms with Crippen LogP contribution in [0, 0.1) is 5.92 Å². The van der Waals surface area contributed by atoms with Crippen LogP contribution in [0.15, 0.2) is 18.3 Å². The number of nitrogens with zero attached hydrogens (tertiary/aromatic N) is 2. The van der Waals surface area contributed by atoms with Gasteiger partial charge < -0.3 is 15.4 Å². The van der Waals surface area contributed by atoms with Gasteiger partial charge in [-0.25, -0.2) is 4.98 Å². The summed E-state index contributed by atoms with van der Waals surface area (Å²) < 4.78 is 5.57. The molecule has 6 heteroatoms. The highest BCUT2D eigenvalue weighted by atomic mass is 32.1. The van der Waals surface area contributed by atoms with E-state index in [1.165, 1.54) is 24.2 Å². The normalized spacial score (nSPS) is 14.5. The van der Waals surface area contributed by atoms with Crippen LogP contribution in [0.3, 0.4) is 0 Å². The summed E-state index contributed by atoms with van der Waals surface area (Å²) in [7, 11) is 1.78. The monoisotopic (exact) mass is 305 g/mol. The molecule has 1 amide bonds. The molecule has 0 unspecified atom stereocenters. The maximum atomic E-state index is 12.4. The maximum Gasteiger partial charge on any atom is 0.265 e. The molecule has 3 rings (SSSR count). The van der Waals surface area contributed by atoms with Gasteiger partial charge in [0.25, 0.3) is 5.91 Å². The van der Waals surface area contributed by atoms with Gasteiger partial charge in [0.1, 0.15) is 9.71 Å². The van der Waals surface area contributed by atoms with E-state index >= 15 is 0 Å². The third-order valence-electron chi connectivity index (χ3n) is 3.67. The molecule has 1 aliphatic carbocycles. The first-order chi connectivity index (χ1) is 10.2. The fourth-order valence-corrected chi connectivity index (χ4v) is 3.18. The summed E-state index contributed by atoms with van der Waals surface area (Å²) in [6.45, 7) is 1.96. The van der Waals surface area contributed by atoms with E-state index in [-0.39, 0.29) is 5.91 Å². The minimum Gasteiger partial charge on any atom is -0.397 e. The highest BCUT2D eigenvalue weighted by Crippen LogP contribution is 2.32. The average molecular weight is 305 g/mol. The number of nitrogens with two attached hydrogens (primary N) is 1. The second-order valence-electron chi connectivity index (χ2n) is 5.45. The van der Waals surface area contributed by atoms with Crippen molar-refractivity contribution in [1.29, 1.82) is 0 Å². The number of hydrogen-bond donors (Lipinski definition) is 1. The molecule has 5 nitrogen and oxygen atoms in total. The molecule has 1 aliphatic rings. The number of ether oxygens (including phenoxy) is 1. The van der Waals surface area contributed by atoms with Gasteiger partial charge in [-0.2, -0.15) is 0 Å². The fourth-order valence-electron chi connectivity index (χ4n) is 2.12. The quantitative estimate of drug-likeness (QED) is 0.832. The second-order valence-corrected chi connectivity index (χ2v) is 6.45. The zero-order valence-electron chi connectivity index (χ0n) is 12.0. The Morgan fingerprint density at radius 1 is 1.57 bits per heavy atom. The summed E-state index contributed by atoms with van der Waals surface area (Å²) in [4.78, 5) is 19.7. The molecular weight excluding hydrogens is 286 g/mol. The summed E-state index contributed by atoms with van der Waals surface area (Å²) in [5, 5.41) is 0.851. The van der Waals surface area contributed by atoms with E-state index in [0.29, 0.717) is 23.7 Å². The van der Waals surface area contributed by atoms with Gasteiger partial charge in [-0.3, -0.25) is 4.79 Å². The molecule has 2 aromatic heterocycles. The van der Waals surface area contributed by atoms with Crippen LogP contribution in [0.2, 0.25) is 0 Å². The summed E-state index contributed by atoms with van der Waals surface area (Å²) in [5.41, 5.74) is 6.60. The average Bonchev–Trinajstić information content (AvgIpc) is 3.26. The lowest BCUT2D eigenvalue weighted by Gasteiger charge is -2.16. The summed E-state index contributed by atoms with van der Waals surface area (Å²) >= 11 is 1.35. The number of nitrogen functional groups attached to an aromatic ring is 1. The number of amides is 1. The molecule has 2 aromatic rings. The van der Waals surface area contributed by atoms with Crippen molar-refractivity contribution in [3.8, 4) is 0 Å². The molecule has 0 atom stereocenters. The van der Waals surface area contributed by atoms with Crippen molar-refractivity contribution in [2.24, 2.45) is 5.92 Å². The number of thiophene rings is 1. The summed E-state index contributed by atoms with van der Waals surface area (Å²) in [5.74, 6) is 0.681. The zero-order valence-corrected chi connectivity index (χ0v) is 12.9. The number of likely N-dealkylation sites (N-methyl/N-ethyl adjacent to an activating group) is 1. The van der Waals surface area contributed by atoms with Crippen LogP contribution in [-0.2, 0) is 4.74 Å². The van der Waals surface area contributed by atoms with Crippen molar-refractivity contribution >= 4 is 33.1 Å². The van der Waals surface area contributed by atoms with E-state index in [1.807, 2.05) is 12.1 Å². The number of carbonyl (C=O) groups excluding carboxylic acids is 1. The second kappa shape index (κ2) is 5.99. The molecule has 0 saturated heterocycles. The fraction of sp³-hybridized carbons (Fsp3) is 0.467. The first-order valence-electron chi connectivity index (χ1n) is 7.13. The Kier molecular flexibility index (Phi) is 4.07. The highest BCUT2D eigenvalue weighted by molar-refractivity contribution is 7.21. The zero-order chi connectivity index (χ0) is 14.8. The molecule has 0 aromatic carbocycles. The lowest BCUT2D eigenvalue weighted by Crippen LogP contribution is -2.30. The van der Waals surface area contributed by atoms with Crippen LogP contribution in [0.4, 0.5) is 5.69 Å². The Morgan fingerprint density at radius 3 is 3.10 bits per heavy atom. The van der Waals surface area contributed by atoms with Gasteiger partial charge in [-0.05, 0) is 30.9 Å². The van der Waals surface area contributed by atoms with Crippen molar-refractivity contribution in [1.82, 2.24) is 9.88 Å². The van der Waals surface area contributed by atoms with Gasteiger partial charge in [0.2, 0.25) is 0 Å². The molecular formula is C15H19N3O2S. The molecule has 0 bridgehead atoms. The molecule has 0 aliphatic heterocycles. The van der Waals surface area contributed by atoms with Crippen LogP contribution >= 0.6 is 11.3 Å². The number of pyridine rings is 1. The van der Waals surface area contributed by atoms with Gasteiger partial charge in [-0.1, -0.05) is 0 Å². The summed E-state index contributed by atoms with van der Waals surface area (Å²) in [6, 6.07) is 3.72. The van der Waals surface area contributed by atoms with Crippen molar-refractivity contribution in [2.45, 2.75) is 12.8 Å². The Balaban J connectivity index is 1.63. The number of hydrogen-bond acceptors (Lipinski definition) is 5. The van der Waals surface area contributed by atoms with Crippen LogP contribution in [-0.4, -0.2) is 42.6 Å². The van der Waals surface area contributed by atoms with Crippen molar-refractivity contribution in [2.75, 3.05) is 32.5 Å².